The Balaban J connectivity index is 0.000000257. The van der Waals surface area contributed by atoms with Gasteiger partial charge in [0.15, 0.2) is 5.75 Å². The van der Waals surface area contributed by atoms with Crippen LogP contribution in [0, 0.1) is 22.7 Å². The van der Waals surface area contributed by atoms with Gasteiger partial charge in [0.25, 0.3) is 0 Å². The van der Waals surface area contributed by atoms with Crippen LogP contribution in [-0.4, -0.2) is 66.1 Å². The van der Waals surface area contributed by atoms with Crippen molar-refractivity contribution in [1.82, 2.24) is 19.2 Å². The maximum absolute atomic E-state index is 12.3. The van der Waals surface area contributed by atoms with E-state index in [4.69, 9.17) is 10.5 Å². The molecule has 0 spiro atoms. The molecule has 0 radical (unpaired) electrons. The second-order valence-electron chi connectivity index (χ2n) is 7.84. The second-order valence-corrected chi connectivity index (χ2v) is 14.5. The molecule has 262 valence electrons. The SMILES string of the molecule is N#Cc1cnn2cc(Br)cc(O)c12.N#Cc1cnn2cc(Br)cc(OS(=O)(=O)C(F)(F)F)c12.O=S(=O)(OS(=O)(=O)C(F)(F)F)C(F)(F)F. The molecule has 4 aromatic rings. The maximum Gasteiger partial charge on any atom is 0.534 e. The van der Waals surface area contributed by atoms with Crippen LogP contribution in [0.5, 0.6) is 11.5 Å². The summed E-state index contributed by atoms with van der Waals surface area (Å²) < 4.78 is 177. The molecule has 0 aliphatic carbocycles. The lowest BCUT2D eigenvalue weighted by Crippen LogP contribution is -2.34. The van der Waals surface area contributed by atoms with Crippen molar-refractivity contribution in [2.45, 2.75) is 16.5 Å². The second kappa shape index (κ2) is 13.9. The lowest BCUT2D eigenvalue weighted by atomic mass is 10.3. The van der Waals surface area contributed by atoms with Crippen molar-refractivity contribution in [3.63, 3.8) is 0 Å². The van der Waals surface area contributed by atoms with Crippen LogP contribution >= 0.6 is 31.9 Å². The van der Waals surface area contributed by atoms with Gasteiger partial charge in [-0.1, -0.05) is 0 Å². The van der Waals surface area contributed by atoms with Crippen LogP contribution in [0.2, 0.25) is 0 Å². The number of nitriles is 2. The van der Waals surface area contributed by atoms with Gasteiger partial charge >= 0.3 is 46.9 Å². The summed E-state index contributed by atoms with van der Waals surface area (Å²) in [5.41, 5.74) is -17.6. The van der Waals surface area contributed by atoms with Crippen molar-refractivity contribution >= 4 is 73.2 Å². The number of aromatic hydroxyl groups is 1. The predicted molar refractivity (Wildman–Crippen MR) is 144 cm³/mol. The summed E-state index contributed by atoms with van der Waals surface area (Å²) in [5, 5.41) is 34.7. The number of aromatic nitrogens is 4. The van der Waals surface area contributed by atoms with Crippen LogP contribution in [0.1, 0.15) is 11.1 Å². The molecule has 0 unspecified atom stereocenters. The van der Waals surface area contributed by atoms with Gasteiger partial charge in [0.05, 0.1) is 12.4 Å². The molecule has 4 rings (SSSR count). The standard InChI is InChI=1S/C9H3BrF3N3O3S.C8H4BrN3O.C2F6O5S2/c10-6-1-7(19-20(17,18)9(11,12)13)8-5(2-14)3-15-16(8)4-6;9-6-1-7(13)8-5(2-10)3-11-12(8)4-6;3-1(4,5)14(9,10)13-15(11,12)2(6,7)8/h1,3-4H;1,3-4,13H;. The fourth-order valence-electron chi connectivity index (χ4n) is 2.71. The molecular formula is C19H7Br2F9N6O9S3. The first-order valence-electron chi connectivity index (χ1n) is 10.8. The van der Waals surface area contributed by atoms with Gasteiger partial charge in [-0.15, -0.1) is 3.63 Å². The average Bonchev–Trinajstić information content (AvgIpc) is 3.50. The van der Waals surface area contributed by atoms with Crippen molar-refractivity contribution < 1.29 is 77.7 Å². The molecule has 0 atom stereocenters. The van der Waals surface area contributed by atoms with Crippen molar-refractivity contribution in [2.24, 2.45) is 0 Å². The van der Waals surface area contributed by atoms with Gasteiger partial charge in [-0.3, -0.25) is 0 Å². The minimum atomic E-state index is -6.85. The molecule has 48 heavy (non-hydrogen) atoms. The number of nitrogens with zero attached hydrogens (tertiary/aromatic N) is 6. The van der Waals surface area contributed by atoms with Crippen LogP contribution in [0.4, 0.5) is 39.5 Å². The number of pyridine rings is 2. The van der Waals surface area contributed by atoms with Gasteiger partial charge in [-0.2, -0.15) is 85.5 Å². The summed E-state index contributed by atoms with van der Waals surface area (Å²) in [5.74, 6) is -0.603. The smallest absolute Gasteiger partial charge is 0.506 e. The predicted octanol–water partition coefficient (Wildman–Crippen LogP) is 4.57. The van der Waals surface area contributed by atoms with Crippen molar-refractivity contribution in [1.29, 1.82) is 10.5 Å². The third kappa shape index (κ3) is 9.16. The normalized spacial score (nSPS) is 12.7. The minimum Gasteiger partial charge on any atom is -0.506 e. The third-order valence-electron chi connectivity index (χ3n) is 4.57. The monoisotopic (exact) mass is 888 g/mol. The van der Waals surface area contributed by atoms with Gasteiger partial charge < -0.3 is 9.29 Å². The Bertz CT molecular complexity index is 2230. The first-order chi connectivity index (χ1) is 21.6. The highest BCUT2D eigenvalue weighted by atomic mass is 79.9. The van der Waals surface area contributed by atoms with Gasteiger partial charge in [0.2, 0.25) is 0 Å². The van der Waals surface area contributed by atoms with E-state index < -0.39 is 52.6 Å². The minimum absolute atomic E-state index is 0.0448. The summed E-state index contributed by atoms with van der Waals surface area (Å²) in [6.45, 7) is 0. The van der Waals surface area contributed by atoms with E-state index in [2.05, 4.69) is 46.2 Å². The molecule has 0 amide bonds. The Labute approximate surface area is 276 Å². The molecule has 0 fully saturated rings. The van der Waals surface area contributed by atoms with Crippen molar-refractivity contribution in [3.8, 4) is 23.6 Å². The highest BCUT2D eigenvalue weighted by Crippen LogP contribution is 2.34. The zero-order chi connectivity index (χ0) is 37.3. The Morgan fingerprint density at radius 3 is 1.46 bits per heavy atom. The van der Waals surface area contributed by atoms with Gasteiger partial charge in [-0.25, -0.2) is 9.03 Å². The summed E-state index contributed by atoms with van der Waals surface area (Å²) >= 11 is 6.18. The van der Waals surface area contributed by atoms with Crippen LogP contribution < -0.4 is 4.18 Å². The first-order valence-corrected chi connectivity index (χ1v) is 16.6. The van der Waals surface area contributed by atoms with Crippen molar-refractivity contribution in [3.05, 3.63) is 57.0 Å². The highest BCUT2D eigenvalue weighted by molar-refractivity contribution is 9.10. The molecule has 0 bridgehead atoms. The summed E-state index contributed by atoms with van der Waals surface area (Å²) in [6.07, 6.45) is 5.51. The molecule has 0 aliphatic heterocycles. The van der Waals surface area contributed by atoms with Gasteiger partial charge in [0, 0.05) is 21.3 Å². The van der Waals surface area contributed by atoms with Crippen LogP contribution in [0.15, 0.2) is 45.9 Å². The largest absolute Gasteiger partial charge is 0.534 e. The molecule has 29 heteroatoms. The number of halogens is 11. The van der Waals surface area contributed by atoms with E-state index in [0.29, 0.717) is 15.6 Å². The molecule has 4 aromatic heterocycles. The van der Waals surface area contributed by atoms with Gasteiger partial charge in [-0.05, 0) is 44.0 Å². The molecule has 15 nitrogen and oxygen atoms in total. The molecule has 0 aromatic carbocycles. The summed E-state index contributed by atoms with van der Waals surface area (Å²) in [4.78, 5) is 0. The van der Waals surface area contributed by atoms with E-state index in [0.717, 1.165) is 16.8 Å². The number of alkyl halides is 9. The van der Waals surface area contributed by atoms with Crippen LogP contribution in [0.3, 0.4) is 0 Å². The van der Waals surface area contributed by atoms with Gasteiger partial charge in [0.1, 0.15) is 40.0 Å². The molecular weight excluding hydrogens is 883 g/mol. The van der Waals surface area contributed by atoms with E-state index in [9.17, 15) is 69.9 Å². The first kappa shape index (κ1) is 40.3. The fraction of sp³-hybridized carbons (Fsp3) is 0.158. The van der Waals surface area contributed by atoms with E-state index in [1.807, 2.05) is 9.70 Å². The van der Waals surface area contributed by atoms with Crippen LogP contribution in [0.25, 0.3) is 11.0 Å². The summed E-state index contributed by atoms with van der Waals surface area (Å²) in [7, 11) is -19.5. The molecule has 1 N–H and O–H groups in total. The molecule has 0 aliphatic rings. The third-order valence-corrected chi connectivity index (χ3v) is 8.97. The zero-order valence-corrected chi connectivity index (χ0v) is 27.4. The lowest BCUT2D eigenvalue weighted by Gasteiger charge is -2.10. The number of rotatable bonds is 4. The fourth-order valence-corrected chi connectivity index (χ4v) is 5.54. The Hall–Kier alpha value is -3.90. The summed E-state index contributed by atoms with van der Waals surface area (Å²) in [6, 6.07) is 6.16. The lowest BCUT2D eigenvalue weighted by molar-refractivity contribution is -0.0586. The highest BCUT2D eigenvalue weighted by Gasteiger charge is 2.57. The molecule has 4 heterocycles. The maximum atomic E-state index is 12.3. The van der Waals surface area contributed by atoms with E-state index in [-0.39, 0.29) is 21.3 Å². The number of hydrogen-bond acceptors (Lipinski definition) is 13. The zero-order valence-electron chi connectivity index (χ0n) is 21.7. The molecule has 0 saturated carbocycles. The van der Waals surface area contributed by atoms with E-state index >= 15 is 0 Å². The average molecular weight is 890 g/mol. The molecule has 0 saturated heterocycles. The van der Waals surface area contributed by atoms with E-state index in [1.54, 1.807) is 12.3 Å². The quantitative estimate of drug-likeness (QED) is 0.169. The Morgan fingerprint density at radius 2 is 1.06 bits per heavy atom. The van der Waals surface area contributed by atoms with Crippen LogP contribution in [-0.2, 0) is 34.0 Å². The van der Waals surface area contributed by atoms with Crippen molar-refractivity contribution in [2.75, 3.05) is 0 Å². The Morgan fingerprint density at radius 1 is 0.688 bits per heavy atom. The Kier molecular flexibility index (Phi) is 11.7. The number of hydrogen-bond donors (Lipinski definition) is 1. The van der Waals surface area contributed by atoms with E-state index in [1.165, 1.54) is 23.0 Å². The number of fused-ring (bicyclic) bond motifs is 2. The topological polar surface area (TPSA) is 223 Å².